The van der Waals surface area contributed by atoms with Crippen molar-refractivity contribution in [3.05, 3.63) is 36.2 Å². The minimum Gasteiger partial charge on any atom is -0.448 e. The van der Waals surface area contributed by atoms with Gasteiger partial charge in [0, 0.05) is 44.5 Å². The number of carbonyl (C=O) groups excluding carboxylic acids is 2. The lowest BCUT2D eigenvalue weighted by atomic mass is 9.97. The van der Waals surface area contributed by atoms with Gasteiger partial charge in [-0.05, 0) is 70.3 Å². The van der Waals surface area contributed by atoms with Crippen LogP contribution in [0.3, 0.4) is 0 Å². The second kappa shape index (κ2) is 11.8. The number of rotatable bonds is 6. The molecule has 2 aromatic heterocycles. The molecule has 0 spiro atoms. The fourth-order valence-corrected chi connectivity index (χ4v) is 6.97. The van der Waals surface area contributed by atoms with Gasteiger partial charge in [-0.15, -0.1) is 0 Å². The van der Waals surface area contributed by atoms with Gasteiger partial charge in [-0.25, -0.2) is 9.78 Å². The van der Waals surface area contributed by atoms with Crippen LogP contribution in [0.2, 0.25) is 18.1 Å². The number of fused-ring (bicyclic) bond motifs is 1. The average molecular weight is 625 g/mol. The highest BCUT2D eigenvalue weighted by Gasteiger charge is 2.41. The number of nitrogens with zero attached hydrogens (tertiary/aromatic N) is 5. The number of piperidine rings is 1. The molecule has 0 bridgehead atoms. The van der Waals surface area contributed by atoms with Crippen LogP contribution in [-0.4, -0.2) is 77.9 Å². The zero-order valence-electron chi connectivity index (χ0n) is 27.7. The molecule has 240 valence electrons. The molecule has 0 unspecified atom stereocenters. The summed E-state index contributed by atoms with van der Waals surface area (Å²) in [4.78, 5) is 34.5. The van der Waals surface area contributed by atoms with Crippen molar-refractivity contribution in [1.82, 2.24) is 19.7 Å². The third-order valence-electron chi connectivity index (χ3n) is 9.12. The molecule has 3 aromatic rings. The van der Waals surface area contributed by atoms with Gasteiger partial charge in [-0.3, -0.25) is 9.48 Å². The van der Waals surface area contributed by atoms with E-state index >= 15 is 0 Å². The van der Waals surface area contributed by atoms with Crippen LogP contribution in [0.1, 0.15) is 83.1 Å². The van der Waals surface area contributed by atoms with Crippen LogP contribution in [0.15, 0.2) is 29.0 Å². The van der Waals surface area contributed by atoms with E-state index in [0.29, 0.717) is 37.5 Å². The first-order valence-corrected chi connectivity index (χ1v) is 18.5. The summed E-state index contributed by atoms with van der Waals surface area (Å²) in [6, 6.07) is 4.07. The third kappa shape index (κ3) is 6.96. The molecule has 44 heavy (non-hydrogen) atoms. The van der Waals surface area contributed by atoms with Crippen LogP contribution in [-0.2, 0) is 16.2 Å². The Labute approximate surface area is 261 Å². The average Bonchev–Trinajstić information content (AvgIpc) is 3.67. The molecular weight excluding hydrogens is 576 g/mol. The van der Waals surface area contributed by atoms with Crippen LogP contribution in [0, 0.1) is 0 Å². The number of hydrogen-bond donors (Lipinski definition) is 1. The molecule has 0 aliphatic carbocycles. The minimum absolute atomic E-state index is 0.0269. The fourth-order valence-electron chi connectivity index (χ4n) is 5.59. The molecule has 12 heteroatoms. The number of carbonyl (C=O) groups is 2. The first-order valence-electron chi connectivity index (χ1n) is 15.6. The molecule has 2 aliphatic heterocycles. The lowest BCUT2D eigenvalue weighted by Crippen LogP contribution is -2.44. The first-order chi connectivity index (χ1) is 20.5. The van der Waals surface area contributed by atoms with Crippen molar-refractivity contribution in [1.29, 1.82) is 0 Å². The molecule has 0 radical (unpaired) electrons. The summed E-state index contributed by atoms with van der Waals surface area (Å²) in [5.74, 6) is 0.215. The predicted octanol–water partition coefficient (Wildman–Crippen LogP) is 6.53. The van der Waals surface area contributed by atoms with Gasteiger partial charge in [0.25, 0.3) is 5.91 Å². The number of aryl methyl sites for hydroxylation is 1. The number of anilines is 2. The van der Waals surface area contributed by atoms with Gasteiger partial charge in [0.2, 0.25) is 0 Å². The van der Waals surface area contributed by atoms with E-state index in [0.717, 1.165) is 36.1 Å². The normalized spacial score (nSPS) is 18.7. The molecule has 1 aromatic carbocycles. The highest BCUT2D eigenvalue weighted by atomic mass is 28.4. The zero-order chi connectivity index (χ0) is 32.0. The monoisotopic (exact) mass is 624 g/mol. The number of hydrogen-bond acceptors (Lipinski definition) is 8. The quantitative estimate of drug-likeness (QED) is 0.308. The van der Waals surface area contributed by atoms with Crippen molar-refractivity contribution in [3.8, 4) is 0 Å². The summed E-state index contributed by atoms with van der Waals surface area (Å²) in [5, 5.41) is 8.69. The van der Waals surface area contributed by atoms with Crippen molar-refractivity contribution < 1.29 is 23.2 Å². The Bertz CT molecular complexity index is 1510. The standard InChI is InChI=1S/C32H48N6O5Si/c1-31(2,3)42-30(40)37-13-10-21(11-14-37)29-35-25(20-41-29)28(39)34-24-17-26-22(18-33-36(26)7)16-27(24)38-15-12-23(19-38)43-44(8,9)32(4,5)6/h16-18,20-21,23H,10-15,19H2,1-9H3,(H,34,39)/t23-/m0/s1. The van der Waals surface area contributed by atoms with Crippen molar-refractivity contribution in [2.75, 3.05) is 36.4 Å². The molecule has 5 rings (SSSR count). The molecule has 2 saturated heterocycles. The number of nitrogens with one attached hydrogen (secondary N) is 1. The van der Waals surface area contributed by atoms with Gasteiger partial charge in [0.1, 0.15) is 11.9 Å². The summed E-state index contributed by atoms with van der Waals surface area (Å²) >= 11 is 0. The number of likely N-dealkylation sites (tertiary alicyclic amines) is 1. The van der Waals surface area contributed by atoms with E-state index < -0.39 is 13.9 Å². The minimum atomic E-state index is -1.91. The Morgan fingerprint density at radius 3 is 2.41 bits per heavy atom. The van der Waals surface area contributed by atoms with E-state index in [4.69, 9.17) is 13.6 Å². The molecule has 1 N–H and O–H groups in total. The third-order valence-corrected chi connectivity index (χ3v) is 13.7. The van der Waals surface area contributed by atoms with Gasteiger partial charge in [-0.1, -0.05) is 20.8 Å². The van der Waals surface area contributed by atoms with Crippen LogP contribution in [0.25, 0.3) is 10.9 Å². The lowest BCUT2D eigenvalue weighted by Gasteiger charge is -2.38. The fraction of sp³-hybridized carbons (Fsp3) is 0.625. The van der Waals surface area contributed by atoms with Crippen LogP contribution < -0.4 is 10.2 Å². The van der Waals surface area contributed by atoms with Crippen LogP contribution in [0.4, 0.5) is 16.2 Å². The second-order valence-corrected chi connectivity index (χ2v) is 19.5. The zero-order valence-corrected chi connectivity index (χ0v) is 28.7. The Kier molecular flexibility index (Phi) is 8.62. The van der Waals surface area contributed by atoms with Crippen molar-refractivity contribution in [2.24, 2.45) is 7.05 Å². The Balaban J connectivity index is 1.28. The summed E-state index contributed by atoms with van der Waals surface area (Å²) in [6.07, 6.45) is 5.42. The molecule has 1 atom stereocenters. The van der Waals surface area contributed by atoms with Crippen molar-refractivity contribution in [2.45, 2.75) is 96.6 Å². The summed E-state index contributed by atoms with van der Waals surface area (Å²) < 4.78 is 19.8. The maximum Gasteiger partial charge on any atom is 0.410 e. The van der Waals surface area contributed by atoms with Gasteiger partial charge < -0.3 is 28.7 Å². The Hall–Kier alpha value is -3.38. The molecule has 4 heterocycles. The number of amides is 2. The smallest absolute Gasteiger partial charge is 0.410 e. The molecule has 2 amide bonds. The van der Waals surface area contributed by atoms with Gasteiger partial charge >= 0.3 is 6.09 Å². The van der Waals surface area contributed by atoms with Crippen LogP contribution in [0.5, 0.6) is 0 Å². The molecule has 2 aliphatic rings. The largest absolute Gasteiger partial charge is 0.448 e. The molecule has 0 saturated carbocycles. The SMILES string of the molecule is Cn1ncc2cc(N3CC[C@H](O[Si](C)(C)C(C)(C)C)C3)c(NC(=O)c3coc(C4CCN(C(=O)OC(C)(C)C)CC4)n3)cc21. The van der Waals surface area contributed by atoms with Crippen molar-refractivity contribution in [3.63, 3.8) is 0 Å². The summed E-state index contributed by atoms with van der Waals surface area (Å²) in [6.45, 7) is 19.7. The molecule has 11 nitrogen and oxygen atoms in total. The molecular formula is C32H48N6O5Si. The molecule has 2 fully saturated rings. The Morgan fingerprint density at radius 2 is 1.75 bits per heavy atom. The van der Waals surface area contributed by atoms with Gasteiger partial charge in [0.05, 0.1) is 29.2 Å². The first kappa shape index (κ1) is 32.0. The highest BCUT2D eigenvalue weighted by Crippen LogP contribution is 2.40. The number of aromatic nitrogens is 3. The summed E-state index contributed by atoms with van der Waals surface area (Å²) in [5.41, 5.74) is 2.27. The van der Waals surface area contributed by atoms with Crippen molar-refractivity contribution >= 4 is 42.6 Å². The maximum atomic E-state index is 13.5. The predicted molar refractivity (Wildman–Crippen MR) is 174 cm³/mol. The topological polar surface area (TPSA) is 115 Å². The van der Waals surface area contributed by atoms with E-state index in [-0.39, 0.29) is 34.8 Å². The second-order valence-electron chi connectivity index (χ2n) is 14.7. The van der Waals surface area contributed by atoms with E-state index in [9.17, 15) is 9.59 Å². The number of ether oxygens (including phenoxy) is 1. The Morgan fingerprint density at radius 1 is 1.05 bits per heavy atom. The van der Waals surface area contributed by atoms with E-state index in [2.05, 4.69) is 60.2 Å². The van der Waals surface area contributed by atoms with E-state index in [1.165, 1.54) is 6.26 Å². The van der Waals surface area contributed by atoms with E-state index in [1.807, 2.05) is 40.1 Å². The number of oxazole rings is 1. The lowest BCUT2D eigenvalue weighted by molar-refractivity contribution is 0.0199. The van der Waals surface area contributed by atoms with Crippen LogP contribution >= 0.6 is 0 Å². The van der Waals surface area contributed by atoms with Gasteiger partial charge in [0.15, 0.2) is 19.9 Å². The maximum absolute atomic E-state index is 13.5. The van der Waals surface area contributed by atoms with E-state index in [1.54, 1.807) is 9.58 Å². The summed E-state index contributed by atoms with van der Waals surface area (Å²) in [7, 11) is -0.0168. The van der Waals surface area contributed by atoms with Gasteiger partial charge in [-0.2, -0.15) is 5.10 Å². The number of benzene rings is 1. The highest BCUT2D eigenvalue weighted by molar-refractivity contribution is 6.74.